The molecular formula is C56H43N3. The molecule has 0 atom stereocenters. The van der Waals surface area contributed by atoms with E-state index >= 15 is 0 Å². The number of nitrogens with zero attached hydrogens (tertiary/aromatic N) is 3. The minimum atomic E-state index is 0.409. The van der Waals surface area contributed by atoms with Crippen LogP contribution in [0.5, 0.6) is 0 Å². The standard InChI is InChI=1S/C56H43N3/c1-2-12-46-38(9-1)25-28-48-47-13-4-6-18-51(47)59(54(46)48)55-57-50-17-5-3-14-49(50)53(58-55)42-21-19-39(20-22-42)44-15-7-10-41-11-8-16-45(52(41)44)40-23-26-43(27-24-40)56-32-35-29-36(33-56)31-37(30-35)34-56/h1-28,35-37H,29-34H2. The monoisotopic (exact) mass is 757 g/mol. The molecule has 8 aromatic carbocycles. The molecular weight excluding hydrogens is 715 g/mol. The van der Waals surface area contributed by atoms with Crippen molar-refractivity contribution < 1.29 is 0 Å². The van der Waals surface area contributed by atoms with Crippen molar-refractivity contribution in [2.45, 2.75) is 43.9 Å². The van der Waals surface area contributed by atoms with Crippen LogP contribution in [0.15, 0.2) is 170 Å². The minimum absolute atomic E-state index is 0.409. The van der Waals surface area contributed by atoms with E-state index in [1.54, 1.807) is 5.56 Å². The lowest BCUT2D eigenvalue weighted by Gasteiger charge is -2.57. The van der Waals surface area contributed by atoms with E-state index < -0.39 is 0 Å². The van der Waals surface area contributed by atoms with Crippen molar-refractivity contribution in [3.63, 3.8) is 0 Å². The van der Waals surface area contributed by atoms with Crippen molar-refractivity contribution in [2.24, 2.45) is 17.8 Å². The van der Waals surface area contributed by atoms with Crippen LogP contribution in [-0.2, 0) is 5.41 Å². The Bertz CT molecular complexity index is 3260. The molecule has 14 rings (SSSR count). The van der Waals surface area contributed by atoms with Crippen LogP contribution in [0.25, 0.3) is 93.7 Å². The molecule has 0 saturated heterocycles. The first kappa shape index (κ1) is 33.4. The van der Waals surface area contributed by atoms with Crippen LogP contribution < -0.4 is 0 Å². The topological polar surface area (TPSA) is 30.7 Å². The van der Waals surface area contributed by atoms with Crippen LogP contribution in [0.4, 0.5) is 0 Å². The van der Waals surface area contributed by atoms with Crippen LogP contribution in [-0.4, -0.2) is 14.5 Å². The van der Waals surface area contributed by atoms with Crippen LogP contribution in [0, 0.1) is 17.8 Å². The minimum Gasteiger partial charge on any atom is -0.277 e. The van der Waals surface area contributed by atoms with E-state index in [0.29, 0.717) is 11.4 Å². The van der Waals surface area contributed by atoms with E-state index in [1.807, 2.05) is 0 Å². The van der Waals surface area contributed by atoms with Gasteiger partial charge in [0.1, 0.15) is 0 Å². The van der Waals surface area contributed by atoms with E-state index in [4.69, 9.17) is 9.97 Å². The molecule has 0 amide bonds. The van der Waals surface area contributed by atoms with Crippen molar-refractivity contribution in [3.05, 3.63) is 175 Å². The highest BCUT2D eigenvalue weighted by molar-refractivity contribution is 6.18. The molecule has 0 radical (unpaired) electrons. The summed E-state index contributed by atoms with van der Waals surface area (Å²) in [7, 11) is 0. The summed E-state index contributed by atoms with van der Waals surface area (Å²) in [6.45, 7) is 0. The summed E-state index contributed by atoms with van der Waals surface area (Å²) < 4.78 is 2.27. The summed E-state index contributed by atoms with van der Waals surface area (Å²) in [4.78, 5) is 10.7. The quantitative estimate of drug-likeness (QED) is 0.175. The van der Waals surface area contributed by atoms with Crippen molar-refractivity contribution in [3.8, 4) is 39.5 Å². The Balaban J connectivity index is 0.918. The zero-order valence-electron chi connectivity index (χ0n) is 33.0. The zero-order chi connectivity index (χ0) is 38.7. The second-order valence-corrected chi connectivity index (χ2v) is 18.0. The van der Waals surface area contributed by atoms with Crippen molar-refractivity contribution in [1.82, 2.24) is 14.5 Å². The fourth-order valence-electron chi connectivity index (χ4n) is 12.4. The lowest BCUT2D eigenvalue weighted by Crippen LogP contribution is -2.48. The van der Waals surface area contributed by atoms with E-state index in [0.717, 1.165) is 50.9 Å². The molecule has 2 heterocycles. The third-order valence-corrected chi connectivity index (χ3v) is 14.6. The maximum absolute atomic E-state index is 5.44. The van der Waals surface area contributed by atoms with E-state index in [-0.39, 0.29) is 0 Å². The van der Waals surface area contributed by atoms with Crippen molar-refractivity contribution >= 4 is 54.3 Å². The van der Waals surface area contributed by atoms with Gasteiger partial charge in [-0.2, -0.15) is 0 Å². The second kappa shape index (κ2) is 12.7. The van der Waals surface area contributed by atoms with Gasteiger partial charge >= 0.3 is 0 Å². The molecule has 4 aliphatic carbocycles. The first-order valence-corrected chi connectivity index (χ1v) is 21.6. The number of rotatable bonds is 5. The van der Waals surface area contributed by atoms with Gasteiger partial charge in [0, 0.05) is 27.1 Å². The van der Waals surface area contributed by atoms with E-state index in [2.05, 4.69) is 174 Å². The van der Waals surface area contributed by atoms with Crippen LogP contribution >= 0.6 is 0 Å². The Hall–Kier alpha value is -6.58. The molecule has 4 fully saturated rings. The summed E-state index contributed by atoms with van der Waals surface area (Å²) in [5.41, 5.74) is 12.2. The Morgan fingerprint density at radius 3 is 1.73 bits per heavy atom. The molecule has 10 aromatic rings. The lowest BCUT2D eigenvalue weighted by molar-refractivity contribution is -0.00518. The maximum atomic E-state index is 5.44. The van der Waals surface area contributed by atoms with Gasteiger partial charge in [-0.15, -0.1) is 0 Å². The number of fused-ring (bicyclic) bond motifs is 7. The van der Waals surface area contributed by atoms with Gasteiger partial charge in [0.25, 0.3) is 0 Å². The highest BCUT2D eigenvalue weighted by Gasteiger charge is 2.51. The van der Waals surface area contributed by atoms with E-state index in [1.165, 1.54) is 93.1 Å². The number of para-hydroxylation sites is 2. The highest BCUT2D eigenvalue weighted by Crippen LogP contribution is 2.61. The average Bonchev–Trinajstić information content (AvgIpc) is 3.63. The molecule has 59 heavy (non-hydrogen) atoms. The predicted octanol–water partition coefficient (Wildman–Crippen LogP) is 14.5. The smallest absolute Gasteiger partial charge is 0.235 e. The second-order valence-electron chi connectivity index (χ2n) is 18.0. The van der Waals surface area contributed by atoms with Gasteiger partial charge in [-0.25, -0.2) is 9.97 Å². The molecule has 3 heteroatoms. The number of benzene rings is 8. The Morgan fingerprint density at radius 1 is 0.441 bits per heavy atom. The normalized spacial score (nSPS) is 21.1. The van der Waals surface area contributed by atoms with Gasteiger partial charge in [0.2, 0.25) is 5.95 Å². The van der Waals surface area contributed by atoms with Crippen LogP contribution in [0.1, 0.15) is 44.1 Å². The third-order valence-electron chi connectivity index (χ3n) is 14.6. The highest BCUT2D eigenvalue weighted by atomic mass is 15.2. The largest absolute Gasteiger partial charge is 0.277 e. The molecule has 4 saturated carbocycles. The Labute approximate surface area is 344 Å². The van der Waals surface area contributed by atoms with Gasteiger partial charge in [0.05, 0.1) is 22.2 Å². The molecule has 0 aliphatic heterocycles. The molecule has 0 unspecified atom stereocenters. The van der Waals surface area contributed by atoms with Crippen LogP contribution in [0.3, 0.4) is 0 Å². The van der Waals surface area contributed by atoms with Crippen LogP contribution in [0.2, 0.25) is 0 Å². The molecule has 2 aromatic heterocycles. The summed E-state index contributed by atoms with van der Waals surface area (Å²) in [6, 6.07) is 62.5. The lowest BCUT2D eigenvalue weighted by atomic mass is 9.48. The summed E-state index contributed by atoms with van der Waals surface area (Å²) in [5, 5.41) is 8.40. The summed E-state index contributed by atoms with van der Waals surface area (Å²) in [5.74, 6) is 3.52. The predicted molar refractivity (Wildman–Crippen MR) is 245 cm³/mol. The van der Waals surface area contributed by atoms with Gasteiger partial charge in [-0.1, -0.05) is 158 Å². The molecule has 282 valence electrons. The van der Waals surface area contributed by atoms with Gasteiger partial charge in [-0.3, -0.25) is 4.57 Å². The molecule has 0 N–H and O–H groups in total. The fraction of sp³-hybridized carbons (Fsp3) is 0.179. The van der Waals surface area contributed by atoms with Crippen molar-refractivity contribution in [1.29, 1.82) is 0 Å². The molecule has 4 bridgehead atoms. The number of aromatic nitrogens is 3. The fourth-order valence-corrected chi connectivity index (χ4v) is 12.4. The number of hydrogen-bond acceptors (Lipinski definition) is 2. The SMILES string of the molecule is c1cc(-c2ccc(-c3nc(-n4c5ccccc5c5ccc6ccccc6c54)nc4ccccc34)cc2)c2c(-c3ccc(C45CC6CC(CC(C6)C4)C5)cc3)cccc2c1. The van der Waals surface area contributed by atoms with Gasteiger partial charge in [-0.05, 0) is 118 Å². The van der Waals surface area contributed by atoms with Crippen molar-refractivity contribution in [2.75, 3.05) is 0 Å². The molecule has 0 spiro atoms. The molecule has 4 aliphatic rings. The molecule has 3 nitrogen and oxygen atoms in total. The third kappa shape index (κ3) is 5.13. The summed E-state index contributed by atoms with van der Waals surface area (Å²) in [6.07, 6.45) is 8.64. The number of hydrogen-bond donors (Lipinski definition) is 0. The van der Waals surface area contributed by atoms with E-state index in [9.17, 15) is 0 Å². The Kier molecular flexibility index (Phi) is 7.19. The average molecular weight is 758 g/mol. The first-order valence-electron chi connectivity index (χ1n) is 21.6. The van der Waals surface area contributed by atoms with Gasteiger partial charge < -0.3 is 0 Å². The zero-order valence-corrected chi connectivity index (χ0v) is 33.0. The maximum Gasteiger partial charge on any atom is 0.235 e. The van der Waals surface area contributed by atoms with Gasteiger partial charge in [0.15, 0.2) is 0 Å². The Morgan fingerprint density at radius 2 is 1.02 bits per heavy atom. The first-order chi connectivity index (χ1) is 29.2. The summed E-state index contributed by atoms with van der Waals surface area (Å²) >= 11 is 0.